The van der Waals surface area contributed by atoms with Gasteiger partial charge in [0.25, 0.3) is 5.91 Å². The minimum absolute atomic E-state index is 0.147. The number of amides is 1. The van der Waals surface area contributed by atoms with Gasteiger partial charge in [-0.15, -0.1) is 10.2 Å². The molecule has 0 saturated heterocycles. The molecule has 0 atom stereocenters. The zero-order chi connectivity index (χ0) is 19.5. The van der Waals surface area contributed by atoms with Gasteiger partial charge >= 0.3 is 0 Å². The van der Waals surface area contributed by atoms with Crippen LogP contribution in [0.15, 0.2) is 48.8 Å². The summed E-state index contributed by atoms with van der Waals surface area (Å²) < 4.78 is 12.4. The van der Waals surface area contributed by atoms with Gasteiger partial charge in [0, 0.05) is 10.6 Å². The molecule has 2 aromatic carbocycles. The number of hydrogen-bond acceptors (Lipinski definition) is 7. The van der Waals surface area contributed by atoms with E-state index in [1.54, 1.807) is 40.9 Å². The lowest BCUT2D eigenvalue weighted by atomic mass is 10.2. The topological polar surface area (TPSA) is 90.6 Å². The molecule has 4 aromatic rings. The second-order valence-corrected chi connectivity index (χ2v) is 7.06. The maximum Gasteiger partial charge on any atom is 0.262 e. The predicted octanol–water partition coefficient (Wildman–Crippen LogP) is 3.53. The fraction of sp³-hybridized carbons (Fsp3) is 0.111. The quantitative estimate of drug-likeness (QED) is 0.518. The molecule has 0 fully saturated rings. The lowest BCUT2D eigenvalue weighted by Gasteiger charge is -2.12. The molecular formula is C18H14ClN5O3S. The van der Waals surface area contributed by atoms with Crippen molar-refractivity contribution in [2.24, 2.45) is 0 Å². The van der Waals surface area contributed by atoms with Crippen LogP contribution in [-0.2, 0) is 4.79 Å². The molecule has 2 aromatic heterocycles. The Bertz CT molecular complexity index is 1100. The highest BCUT2D eigenvalue weighted by Gasteiger charge is 2.13. The number of benzene rings is 2. The van der Waals surface area contributed by atoms with Crippen molar-refractivity contribution in [2.75, 3.05) is 19.0 Å². The average molecular weight is 416 g/mol. The van der Waals surface area contributed by atoms with Crippen molar-refractivity contribution in [3.05, 3.63) is 53.8 Å². The maximum atomic E-state index is 12.3. The first-order chi connectivity index (χ1) is 13.6. The highest BCUT2D eigenvalue weighted by atomic mass is 35.5. The molecule has 1 amide bonds. The summed E-state index contributed by atoms with van der Waals surface area (Å²) in [4.78, 5) is 13.0. The Balaban J connectivity index is 1.50. The second-order valence-electron chi connectivity index (χ2n) is 5.67. The summed E-state index contributed by atoms with van der Waals surface area (Å²) in [5, 5.41) is 16.4. The lowest BCUT2D eigenvalue weighted by Crippen LogP contribution is -2.20. The van der Waals surface area contributed by atoms with Crippen molar-refractivity contribution in [1.82, 2.24) is 19.8 Å². The third-order valence-corrected chi connectivity index (χ3v) is 5.00. The second kappa shape index (κ2) is 7.83. The van der Waals surface area contributed by atoms with Gasteiger partial charge in [0.1, 0.15) is 22.8 Å². The molecule has 8 nitrogen and oxygen atoms in total. The molecule has 142 valence electrons. The van der Waals surface area contributed by atoms with Crippen molar-refractivity contribution in [1.29, 1.82) is 0 Å². The predicted molar refractivity (Wildman–Crippen MR) is 106 cm³/mol. The van der Waals surface area contributed by atoms with E-state index in [2.05, 4.69) is 20.6 Å². The van der Waals surface area contributed by atoms with Crippen LogP contribution >= 0.6 is 22.9 Å². The number of carbonyl (C=O) groups excluding carboxylic acids is 1. The van der Waals surface area contributed by atoms with Gasteiger partial charge in [-0.3, -0.25) is 4.79 Å². The normalized spacial score (nSPS) is 10.8. The summed E-state index contributed by atoms with van der Waals surface area (Å²) in [7, 11) is 1.54. The van der Waals surface area contributed by atoms with Gasteiger partial charge in [0.2, 0.25) is 4.96 Å². The SMILES string of the molecule is COc1ccc(-c2nn3cnnc3s2)cc1NC(=O)COc1ccc(Cl)cc1. The Hall–Kier alpha value is -3.17. The smallest absolute Gasteiger partial charge is 0.262 e. The minimum atomic E-state index is -0.316. The van der Waals surface area contributed by atoms with Crippen LogP contribution in [0.4, 0.5) is 5.69 Å². The lowest BCUT2D eigenvalue weighted by molar-refractivity contribution is -0.118. The van der Waals surface area contributed by atoms with Crippen LogP contribution < -0.4 is 14.8 Å². The molecule has 0 saturated carbocycles. The molecule has 2 heterocycles. The molecule has 1 N–H and O–H groups in total. The zero-order valence-corrected chi connectivity index (χ0v) is 16.2. The van der Waals surface area contributed by atoms with Gasteiger partial charge in [-0.1, -0.05) is 22.9 Å². The van der Waals surface area contributed by atoms with E-state index in [1.165, 1.54) is 24.8 Å². The summed E-state index contributed by atoms with van der Waals surface area (Å²) in [5.74, 6) is 0.773. The number of rotatable bonds is 6. The average Bonchev–Trinajstić information content (AvgIpc) is 3.30. The molecule has 0 aliphatic rings. The maximum absolute atomic E-state index is 12.3. The summed E-state index contributed by atoms with van der Waals surface area (Å²) in [6.07, 6.45) is 1.54. The van der Waals surface area contributed by atoms with E-state index >= 15 is 0 Å². The number of nitrogens with one attached hydrogen (secondary N) is 1. The van der Waals surface area contributed by atoms with E-state index in [4.69, 9.17) is 21.1 Å². The van der Waals surface area contributed by atoms with E-state index in [9.17, 15) is 4.79 Å². The molecule has 0 aliphatic heterocycles. The van der Waals surface area contributed by atoms with E-state index in [-0.39, 0.29) is 12.5 Å². The van der Waals surface area contributed by atoms with Crippen molar-refractivity contribution in [2.45, 2.75) is 0 Å². The summed E-state index contributed by atoms with van der Waals surface area (Å²) in [6, 6.07) is 12.2. The Labute approximate surface area is 168 Å². The van der Waals surface area contributed by atoms with E-state index < -0.39 is 0 Å². The van der Waals surface area contributed by atoms with Crippen LogP contribution in [-0.4, -0.2) is 39.4 Å². The van der Waals surface area contributed by atoms with Gasteiger partial charge in [-0.05, 0) is 42.5 Å². The molecule has 4 rings (SSSR count). The number of aromatic nitrogens is 4. The van der Waals surface area contributed by atoms with E-state index in [0.29, 0.717) is 27.2 Å². The first-order valence-corrected chi connectivity index (χ1v) is 9.35. The molecule has 10 heteroatoms. The number of nitrogens with zero attached hydrogens (tertiary/aromatic N) is 4. The molecule has 0 radical (unpaired) electrons. The number of carbonyl (C=O) groups is 1. The fourth-order valence-electron chi connectivity index (χ4n) is 2.48. The van der Waals surface area contributed by atoms with E-state index in [0.717, 1.165) is 10.6 Å². The first kappa shape index (κ1) is 18.2. The van der Waals surface area contributed by atoms with Gasteiger partial charge in [-0.25, -0.2) is 0 Å². The van der Waals surface area contributed by atoms with E-state index in [1.807, 2.05) is 6.07 Å². The first-order valence-electron chi connectivity index (χ1n) is 8.16. The summed E-state index contributed by atoms with van der Waals surface area (Å²) >= 11 is 7.23. The van der Waals surface area contributed by atoms with Crippen LogP contribution in [0.25, 0.3) is 15.5 Å². The van der Waals surface area contributed by atoms with Gasteiger partial charge in [0.05, 0.1) is 12.8 Å². The van der Waals surface area contributed by atoms with Crippen molar-refractivity contribution in [3.63, 3.8) is 0 Å². The number of ether oxygens (including phenoxy) is 2. The Kier molecular flexibility index (Phi) is 5.09. The van der Waals surface area contributed by atoms with Crippen LogP contribution in [0.5, 0.6) is 11.5 Å². The van der Waals surface area contributed by atoms with Gasteiger partial charge in [-0.2, -0.15) is 9.61 Å². The highest BCUT2D eigenvalue weighted by Crippen LogP contribution is 2.32. The van der Waals surface area contributed by atoms with Crippen molar-refractivity contribution in [3.8, 4) is 22.1 Å². The molecule has 0 aliphatic carbocycles. The Morgan fingerprint density at radius 1 is 1.25 bits per heavy atom. The number of halogens is 1. The van der Waals surface area contributed by atoms with Crippen LogP contribution in [0.2, 0.25) is 5.02 Å². The standard InChI is InChI=1S/C18H14ClN5O3S/c1-26-15-7-2-11(17-23-24-10-20-22-18(24)28-17)8-14(15)21-16(25)9-27-13-5-3-12(19)4-6-13/h2-8,10H,9H2,1H3,(H,21,25). The molecule has 0 spiro atoms. The molecular weight excluding hydrogens is 402 g/mol. The van der Waals surface area contributed by atoms with Crippen molar-refractivity contribution < 1.29 is 14.3 Å². The zero-order valence-electron chi connectivity index (χ0n) is 14.6. The number of fused-ring (bicyclic) bond motifs is 1. The van der Waals surface area contributed by atoms with Crippen LogP contribution in [0.3, 0.4) is 0 Å². The van der Waals surface area contributed by atoms with Gasteiger partial charge < -0.3 is 14.8 Å². The van der Waals surface area contributed by atoms with Gasteiger partial charge in [0.15, 0.2) is 6.61 Å². The number of methoxy groups -OCH3 is 1. The van der Waals surface area contributed by atoms with Crippen LogP contribution in [0, 0.1) is 0 Å². The largest absolute Gasteiger partial charge is 0.495 e. The summed E-state index contributed by atoms with van der Waals surface area (Å²) in [5.41, 5.74) is 1.35. The monoisotopic (exact) mass is 415 g/mol. The molecule has 0 unspecified atom stereocenters. The minimum Gasteiger partial charge on any atom is -0.495 e. The fourth-order valence-corrected chi connectivity index (χ4v) is 3.42. The Morgan fingerprint density at radius 2 is 2.07 bits per heavy atom. The van der Waals surface area contributed by atoms with Crippen molar-refractivity contribution >= 4 is 39.5 Å². The summed E-state index contributed by atoms with van der Waals surface area (Å²) in [6.45, 7) is -0.147. The third kappa shape index (κ3) is 3.90. The number of anilines is 1. The highest BCUT2D eigenvalue weighted by molar-refractivity contribution is 7.19. The molecule has 28 heavy (non-hydrogen) atoms. The Morgan fingerprint density at radius 3 is 2.82 bits per heavy atom. The number of hydrogen-bond donors (Lipinski definition) is 1. The third-order valence-electron chi connectivity index (χ3n) is 3.79. The molecule has 0 bridgehead atoms. The van der Waals surface area contributed by atoms with Crippen LogP contribution in [0.1, 0.15) is 0 Å².